The molecular formula is C10H12FN3O3. The molecule has 0 aromatic carbocycles. The number of methoxy groups -OCH3 is 1. The van der Waals surface area contributed by atoms with Gasteiger partial charge in [0.2, 0.25) is 5.95 Å². The average Bonchev–Trinajstić information content (AvgIpc) is 2.39. The molecular weight excluding hydrogens is 229 g/mol. The molecule has 6 nitrogen and oxygen atoms in total. The van der Waals surface area contributed by atoms with Crippen molar-refractivity contribution in [3.8, 4) is 0 Å². The van der Waals surface area contributed by atoms with E-state index in [2.05, 4.69) is 14.7 Å². The van der Waals surface area contributed by atoms with E-state index in [0.29, 0.717) is 19.1 Å². The number of halogens is 1. The topological polar surface area (TPSA) is 64.6 Å². The van der Waals surface area contributed by atoms with E-state index < -0.39 is 17.8 Å². The molecule has 1 aliphatic heterocycles. The number of morpholine rings is 1. The Kier molecular flexibility index (Phi) is 3.48. The van der Waals surface area contributed by atoms with Gasteiger partial charge in [-0.05, 0) is 0 Å². The third kappa shape index (κ3) is 2.50. The van der Waals surface area contributed by atoms with Gasteiger partial charge in [0, 0.05) is 6.54 Å². The first-order valence-electron chi connectivity index (χ1n) is 5.12. The van der Waals surface area contributed by atoms with Gasteiger partial charge in [-0.3, -0.25) is 0 Å². The highest BCUT2D eigenvalue weighted by atomic mass is 19.1. The van der Waals surface area contributed by atoms with E-state index in [1.807, 2.05) is 0 Å². The molecule has 1 fully saturated rings. The van der Waals surface area contributed by atoms with Gasteiger partial charge in [0.25, 0.3) is 0 Å². The summed E-state index contributed by atoms with van der Waals surface area (Å²) in [6, 6.07) is -0.584. The molecule has 2 heterocycles. The summed E-state index contributed by atoms with van der Waals surface area (Å²) in [5, 5.41) is 0. The molecule has 1 aromatic heterocycles. The van der Waals surface area contributed by atoms with Gasteiger partial charge in [-0.15, -0.1) is 0 Å². The van der Waals surface area contributed by atoms with Crippen LogP contribution in [0.2, 0.25) is 0 Å². The van der Waals surface area contributed by atoms with Crippen molar-refractivity contribution in [3.05, 3.63) is 18.2 Å². The minimum absolute atomic E-state index is 0.216. The van der Waals surface area contributed by atoms with Gasteiger partial charge in [0.1, 0.15) is 0 Å². The van der Waals surface area contributed by atoms with Crippen LogP contribution in [-0.2, 0) is 14.3 Å². The highest BCUT2D eigenvalue weighted by molar-refractivity contribution is 5.79. The molecule has 1 saturated heterocycles. The lowest BCUT2D eigenvalue weighted by molar-refractivity contribution is -0.144. The number of aromatic nitrogens is 2. The lowest BCUT2D eigenvalue weighted by Gasteiger charge is -2.33. The van der Waals surface area contributed by atoms with E-state index in [1.165, 1.54) is 7.11 Å². The fourth-order valence-electron chi connectivity index (χ4n) is 1.63. The van der Waals surface area contributed by atoms with Crippen molar-refractivity contribution in [1.29, 1.82) is 0 Å². The second-order valence-corrected chi connectivity index (χ2v) is 3.51. The summed E-state index contributed by atoms with van der Waals surface area (Å²) in [7, 11) is 1.31. The molecule has 17 heavy (non-hydrogen) atoms. The molecule has 1 atom stereocenters. The van der Waals surface area contributed by atoms with Gasteiger partial charge in [0.05, 0.1) is 32.7 Å². The molecule has 7 heteroatoms. The molecule has 0 saturated carbocycles. The maximum atomic E-state index is 12.7. The minimum atomic E-state index is -0.584. The third-order valence-corrected chi connectivity index (χ3v) is 2.47. The quantitative estimate of drug-likeness (QED) is 0.679. The van der Waals surface area contributed by atoms with Gasteiger partial charge >= 0.3 is 5.97 Å². The number of carbonyl (C=O) groups is 1. The monoisotopic (exact) mass is 241 g/mol. The maximum Gasteiger partial charge on any atom is 0.331 e. The molecule has 2 rings (SSSR count). The first-order chi connectivity index (χ1) is 8.22. The molecule has 92 valence electrons. The van der Waals surface area contributed by atoms with Crippen LogP contribution < -0.4 is 4.90 Å². The smallest absolute Gasteiger partial charge is 0.331 e. The van der Waals surface area contributed by atoms with Crippen LogP contribution in [0.15, 0.2) is 12.4 Å². The number of hydrogen-bond acceptors (Lipinski definition) is 6. The van der Waals surface area contributed by atoms with Crippen molar-refractivity contribution in [1.82, 2.24) is 9.97 Å². The molecule has 0 radical (unpaired) electrons. The summed E-state index contributed by atoms with van der Waals surface area (Å²) in [4.78, 5) is 20.9. The Bertz CT molecular complexity index is 398. The number of hydrogen-bond donors (Lipinski definition) is 0. The van der Waals surface area contributed by atoms with E-state index >= 15 is 0 Å². The summed E-state index contributed by atoms with van der Waals surface area (Å²) < 4.78 is 22.6. The molecule has 0 amide bonds. The number of ether oxygens (including phenoxy) is 2. The number of rotatable bonds is 2. The van der Waals surface area contributed by atoms with Crippen LogP contribution in [-0.4, -0.2) is 48.8 Å². The van der Waals surface area contributed by atoms with Gasteiger partial charge in [0.15, 0.2) is 11.9 Å². The van der Waals surface area contributed by atoms with Gasteiger partial charge < -0.3 is 14.4 Å². The van der Waals surface area contributed by atoms with E-state index in [4.69, 9.17) is 4.74 Å². The van der Waals surface area contributed by atoms with Crippen LogP contribution >= 0.6 is 0 Å². The first kappa shape index (κ1) is 11.7. The first-order valence-corrected chi connectivity index (χ1v) is 5.12. The van der Waals surface area contributed by atoms with Gasteiger partial charge in [-0.2, -0.15) is 0 Å². The maximum absolute atomic E-state index is 12.7. The highest BCUT2D eigenvalue weighted by Crippen LogP contribution is 2.15. The largest absolute Gasteiger partial charge is 0.467 e. The van der Waals surface area contributed by atoms with Gasteiger partial charge in [-0.25, -0.2) is 19.2 Å². The lowest BCUT2D eigenvalue weighted by atomic mass is 10.2. The zero-order valence-corrected chi connectivity index (χ0v) is 9.30. The predicted octanol–water partition coefficient (Wildman–Crippen LogP) is -0.00610. The number of carbonyl (C=O) groups excluding carboxylic acids is 1. The molecule has 1 aliphatic rings. The molecule has 0 aliphatic carbocycles. The molecule has 0 spiro atoms. The summed E-state index contributed by atoms with van der Waals surface area (Å²) >= 11 is 0. The van der Waals surface area contributed by atoms with Crippen LogP contribution in [0.5, 0.6) is 0 Å². The summed E-state index contributed by atoms with van der Waals surface area (Å²) in [6.07, 6.45) is 2.12. The Morgan fingerprint density at radius 3 is 2.94 bits per heavy atom. The predicted molar refractivity (Wildman–Crippen MR) is 56.0 cm³/mol. The number of nitrogens with zero attached hydrogens (tertiary/aromatic N) is 3. The van der Waals surface area contributed by atoms with Gasteiger partial charge in [-0.1, -0.05) is 0 Å². The van der Waals surface area contributed by atoms with Crippen molar-refractivity contribution < 1.29 is 18.7 Å². The van der Waals surface area contributed by atoms with Crippen LogP contribution in [0.3, 0.4) is 0 Å². The van der Waals surface area contributed by atoms with Crippen LogP contribution in [0.4, 0.5) is 10.3 Å². The second-order valence-electron chi connectivity index (χ2n) is 3.51. The number of esters is 1. The number of anilines is 1. The normalized spacial score (nSPS) is 20.1. The zero-order chi connectivity index (χ0) is 12.3. The van der Waals surface area contributed by atoms with E-state index in [0.717, 1.165) is 12.4 Å². The summed E-state index contributed by atoms with van der Waals surface area (Å²) in [5.74, 6) is -0.639. The zero-order valence-electron chi connectivity index (χ0n) is 9.30. The van der Waals surface area contributed by atoms with Crippen molar-refractivity contribution in [2.24, 2.45) is 0 Å². The Labute approximate surface area is 97.4 Å². The van der Waals surface area contributed by atoms with E-state index in [-0.39, 0.29) is 6.61 Å². The summed E-state index contributed by atoms with van der Waals surface area (Å²) in [6.45, 7) is 1.15. The third-order valence-electron chi connectivity index (χ3n) is 2.47. The summed E-state index contributed by atoms with van der Waals surface area (Å²) in [5.41, 5.74) is 0. The van der Waals surface area contributed by atoms with Crippen LogP contribution in [0.1, 0.15) is 0 Å². The van der Waals surface area contributed by atoms with Crippen molar-refractivity contribution in [2.75, 3.05) is 31.8 Å². The van der Waals surface area contributed by atoms with Crippen molar-refractivity contribution >= 4 is 11.9 Å². The van der Waals surface area contributed by atoms with Crippen LogP contribution in [0, 0.1) is 5.82 Å². The molecule has 0 bridgehead atoms. The standard InChI is InChI=1S/C10H12FN3O3/c1-16-9(15)8-6-17-3-2-14(8)10-12-4-7(11)5-13-10/h4-5,8H,2-3,6H2,1H3. The highest BCUT2D eigenvalue weighted by Gasteiger charge is 2.31. The van der Waals surface area contributed by atoms with Crippen molar-refractivity contribution in [2.45, 2.75) is 6.04 Å². The van der Waals surface area contributed by atoms with E-state index in [1.54, 1.807) is 4.90 Å². The van der Waals surface area contributed by atoms with E-state index in [9.17, 15) is 9.18 Å². The SMILES string of the molecule is COC(=O)C1COCCN1c1ncc(F)cn1. The Morgan fingerprint density at radius 2 is 2.29 bits per heavy atom. The molecule has 1 aromatic rings. The van der Waals surface area contributed by atoms with Crippen LogP contribution in [0.25, 0.3) is 0 Å². The minimum Gasteiger partial charge on any atom is -0.467 e. The average molecular weight is 241 g/mol. The second kappa shape index (κ2) is 5.05. The van der Waals surface area contributed by atoms with Crippen molar-refractivity contribution in [3.63, 3.8) is 0 Å². The Morgan fingerprint density at radius 1 is 1.59 bits per heavy atom. The molecule has 0 N–H and O–H groups in total. The fraction of sp³-hybridized carbons (Fsp3) is 0.500. The molecule has 1 unspecified atom stereocenters. The Balaban J connectivity index is 2.21. The lowest BCUT2D eigenvalue weighted by Crippen LogP contribution is -2.51. The fourth-order valence-corrected chi connectivity index (χ4v) is 1.63. The Hall–Kier alpha value is -1.76.